The van der Waals surface area contributed by atoms with Crippen LogP contribution in [-0.4, -0.2) is 49.2 Å². The van der Waals surface area contributed by atoms with E-state index in [1.807, 2.05) is 25.7 Å². The van der Waals surface area contributed by atoms with Crippen molar-refractivity contribution in [3.8, 4) is 11.5 Å². The van der Waals surface area contributed by atoms with E-state index in [1.54, 1.807) is 12.1 Å². The van der Waals surface area contributed by atoms with E-state index in [0.717, 1.165) is 19.3 Å². The zero-order valence-electron chi connectivity index (χ0n) is 15.7. The van der Waals surface area contributed by atoms with Gasteiger partial charge >= 0.3 is 5.97 Å². The number of halogens is 1. The second-order valence-electron chi connectivity index (χ2n) is 6.43. The second-order valence-corrected chi connectivity index (χ2v) is 7.28. The number of amides is 1. The number of hydrogen-bond acceptors (Lipinski definition) is 5. The number of ether oxygens (including phenoxy) is 3. The van der Waals surface area contributed by atoms with Crippen molar-refractivity contribution >= 4 is 27.8 Å². The van der Waals surface area contributed by atoms with Crippen molar-refractivity contribution in [3.63, 3.8) is 0 Å². The van der Waals surface area contributed by atoms with Crippen LogP contribution < -0.4 is 9.47 Å². The van der Waals surface area contributed by atoms with Gasteiger partial charge in [-0.05, 0) is 68.1 Å². The summed E-state index contributed by atoms with van der Waals surface area (Å²) in [6, 6.07) is 3.50. The van der Waals surface area contributed by atoms with Crippen LogP contribution in [0.2, 0.25) is 0 Å². The maximum atomic E-state index is 12.5. The molecular formula is C19H26BrNO5. The highest BCUT2D eigenvalue weighted by atomic mass is 79.9. The van der Waals surface area contributed by atoms with Gasteiger partial charge in [-0.25, -0.2) is 4.79 Å². The van der Waals surface area contributed by atoms with E-state index in [-0.39, 0.29) is 24.6 Å². The Morgan fingerprint density at radius 2 is 1.88 bits per heavy atom. The number of methoxy groups -OCH3 is 1. The monoisotopic (exact) mass is 427 g/mol. The van der Waals surface area contributed by atoms with Gasteiger partial charge in [0, 0.05) is 12.1 Å². The Hall–Kier alpha value is -1.76. The first-order valence-electron chi connectivity index (χ1n) is 8.87. The molecule has 2 rings (SSSR count). The molecule has 0 bridgehead atoms. The molecule has 1 aromatic rings. The topological polar surface area (TPSA) is 65.1 Å². The van der Waals surface area contributed by atoms with E-state index in [9.17, 15) is 9.59 Å². The fourth-order valence-corrected chi connectivity index (χ4v) is 3.95. The average molecular weight is 428 g/mol. The molecule has 1 amide bonds. The highest BCUT2D eigenvalue weighted by Gasteiger charge is 2.29. The summed E-state index contributed by atoms with van der Waals surface area (Å²) in [7, 11) is 1.53. The summed E-state index contributed by atoms with van der Waals surface area (Å²) in [6.45, 7) is 6.08. The lowest BCUT2D eigenvalue weighted by Crippen LogP contribution is -2.49. The molecule has 144 valence electrons. The Labute approximate surface area is 162 Å². The lowest BCUT2D eigenvalue weighted by atomic mass is 9.97. The predicted molar refractivity (Wildman–Crippen MR) is 102 cm³/mol. The molecule has 6 nitrogen and oxygen atoms in total. The first-order valence-corrected chi connectivity index (χ1v) is 9.66. The molecule has 0 saturated carbocycles. The van der Waals surface area contributed by atoms with E-state index >= 15 is 0 Å². The van der Waals surface area contributed by atoms with E-state index in [4.69, 9.17) is 14.2 Å². The zero-order valence-corrected chi connectivity index (χ0v) is 17.3. The molecule has 1 fully saturated rings. The Balaban J connectivity index is 2.06. The molecule has 0 unspecified atom stereocenters. The average Bonchev–Trinajstić information content (AvgIpc) is 2.59. The molecule has 1 aliphatic rings. The number of likely N-dealkylation sites (tertiary alicyclic amines) is 1. The van der Waals surface area contributed by atoms with Crippen LogP contribution in [0.4, 0.5) is 0 Å². The van der Waals surface area contributed by atoms with Crippen molar-refractivity contribution in [1.29, 1.82) is 0 Å². The molecule has 7 heteroatoms. The predicted octanol–water partition coefficient (Wildman–Crippen LogP) is 3.80. The van der Waals surface area contributed by atoms with Gasteiger partial charge in [-0.2, -0.15) is 0 Å². The van der Waals surface area contributed by atoms with Gasteiger partial charge in [0.2, 0.25) is 0 Å². The summed E-state index contributed by atoms with van der Waals surface area (Å²) in [6.07, 6.45) is 3.08. The van der Waals surface area contributed by atoms with Crippen molar-refractivity contribution < 1.29 is 23.8 Å². The zero-order chi connectivity index (χ0) is 19.3. The minimum Gasteiger partial charge on any atom is -0.492 e. The van der Waals surface area contributed by atoms with Gasteiger partial charge in [0.1, 0.15) is 0 Å². The number of piperidine rings is 1. The molecule has 0 spiro atoms. The van der Waals surface area contributed by atoms with E-state index in [1.165, 1.54) is 7.11 Å². The number of carbonyl (C=O) groups is 2. The molecule has 2 atom stereocenters. The SMILES string of the molecule is CCOc1cc(C(=O)OCC(=O)N2[C@H](C)CCC[C@@H]2C)cc(Br)c1OC. The standard InChI is InChI=1S/C19H26BrNO5/c1-5-25-16-10-14(9-15(20)18(16)24-4)19(23)26-11-17(22)21-12(2)7-6-8-13(21)3/h9-10,12-13H,5-8,11H2,1-4H3/t12-,13+. The second kappa shape index (κ2) is 9.26. The summed E-state index contributed by atoms with van der Waals surface area (Å²) >= 11 is 3.37. The quantitative estimate of drug-likeness (QED) is 0.645. The number of benzene rings is 1. The molecule has 1 heterocycles. The lowest BCUT2D eigenvalue weighted by molar-refractivity contribution is -0.140. The van der Waals surface area contributed by atoms with Crippen LogP contribution >= 0.6 is 15.9 Å². The number of esters is 1. The number of rotatable bonds is 6. The van der Waals surface area contributed by atoms with E-state index in [2.05, 4.69) is 15.9 Å². The molecule has 0 radical (unpaired) electrons. The normalized spacial score (nSPS) is 19.8. The molecule has 26 heavy (non-hydrogen) atoms. The fraction of sp³-hybridized carbons (Fsp3) is 0.579. The largest absolute Gasteiger partial charge is 0.492 e. The highest BCUT2D eigenvalue weighted by molar-refractivity contribution is 9.10. The first-order chi connectivity index (χ1) is 12.4. The van der Waals surface area contributed by atoms with Gasteiger partial charge in [0.05, 0.1) is 23.8 Å². The number of carbonyl (C=O) groups excluding carboxylic acids is 2. The van der Waals surface area contributed by atoms with Crippen molar-refractivity contribution in [2.75, 3.05) is 20.3 Å². The fourth-order valence-electron chi connectivity index (χ4n) is 3.34. The Morgan fingerprint density at radius 3 is 2.46 bits per heavy atom. The minimum absolute atomic E-state index is 0.157. The van der Waals surface area contributed by atoms with Gasteiger partial charge in [-0.15, -0.1) is 0 Å². The number of hydrogen-bond donors (Lipinski definition) is 0. The van der Waals surface area contributed by atoms with Crippen LogP contribution in [0.3, 0.4) is 0 Å². The summed E-state index contributed by atoms with van der Waals surface area (Å²) in [5.74, 6) is 0.229. The molecule has 0 aromatic heterocycles. The number of nitrogens with zero attached hydrogens (tertiary/aromatic N) is 1. The van der Waals surface area contributed by atoms with Crippen molar-refractivity contribution in [1.82, 2.24) is 4.90 Å². The molecule has 1 aromatic carbocycles. The van der Waals surface area contributed by atoms with Crippen molar-refractivity contribution in [2.24, 2.45) is 0 Å². The summed E-state index contributed by atoms with van der Waals surface area (Å²) in [4.78, 5) is 26.7. The van der Waals surface area contributed by atoms with Crippen molar-refractivity contribution in [2.45, 2.75) is 52.1 Å². The summed E-state index contributed by atoms with van der Waals surface area (Å²) < 4.78 is 16.6. The van der Waals surface area contributed by atoms with Crippen LogP contribution in [0.25, 0.3) is 0 Å². The third kappa shape index (κ3) is 4.69. The van der Waals surface area contributed by atoms with Gasteiger partial charge in [0.15, 0.2) is 18.1 Å². The van der Waals surface area contributed by atoms with E-state index < -0.39 is 5.97 Å². The van der Waals surface area contributed by atoms with Gasteiger partial charge in [-0.1, -0.05) is 0 Å². The summed E-state index contributed by atoms with van der Waals surface area (Å²) in [5.41, 5.74) is 0.300. The van der Waals surface area contributed by atoms with Crippen LogP contribution in [-0.2, 0) is 9.53 Å². The maximum absolute atomic E-state index is 12.5. The lowest BCUT2D eigenvalue weighted by Gasteiger charge is -2.38. The first kappa shape index (κ1) is 20.6. The smallest absolute Gasteiger partial charge is 0.338 e. The maximum Gasteiger partial charge on any atom is 0.338 e. The molecular weight excluding hydrogens is 402 g/mol. The Kier molecular flexibility index (Phi) is 7.32. The van der Waals surface area contributed by atoms with Crippen LogP contribution in [0.1, 0.15) is 50.4 Å². The van der Waals surface area contributed by atoms with Gasteiger partial charge < -0.3 is 19.1 Å². The van der Waals surface area contributed by atoms with Crippen LogP contribution in [0, 0.1) is 0 Å². The minimum atomic E-state index is -0.569. The molecule has 0 N–H and O–H groups in total. The van der Waals surface area contributed by atoms with Gasteiger partial charge in [-0.3, -0.25) is 4.79 Å². The molecule has 1 aliphatic heterocycles. The Bertz CT molecular complexity index is 654. The van der Waals surface area contributed by atoms with Crippen LogP contribution in [0.5, 0.6) is 11.5 Å². The third-order valence-electron chi connectivity index (χ3n) is 4.56. The van der Waals surface area contributed by atoms with Crippen LogP contribution in [0.15, 0.2) is 16.6 Å². The van der Waals surface area contributed by atoms with Crippen molar-refractivity contribution in [3.05, 3.63) is 22.2 Å². The third-order valence-corrected chi connectivity index (χ3v) is 5.15. The van der Waals surface area contributed by atoms with Gasteiger partial charge in [0.25, 0.3) is 5.91 Å². The molecule has 1 saturated heterocycles. The highest BCUT2D eigenvalue weighted by Crippen LogP contribution is 2.36. The Morgan fingerprint density at radius 1 is 1.23 bits per heavy atom. The molecule has 0 aliphatic carbocycles. The summed E-state index contributed by atoms with van der Waals surface area (Å²) in [5, 5.41) is 0. The van der Waals surface area contributed by atoms with E-state index in [0.29, 0.717) is 28.1 Å².